The van der Waals surface area contributed by atoms with Gasteiger partial charge in [-0.1, -0.05) is 6.92 Å². The summed E-state index contributed by atoms with van der Waals surface area (Å²) in [7, 11) is 0. The van der Waals surface area contributed by atoms with Crippen LogP contribution in [0.1, 0.15) is 19.8 Å². The van der Waals surface area contributed by atoms with Crippen LogP contribution in [-0.2, 0) is 0 Å². The molecule has 0 nitrogen and oxygen atoms in total. The van der Waals surface area contributed by atoms with E-state index >= 15 is 0 Å². The summed E-state index contributed by atoms with van der Waals surface area (Å²) in [5.74, 6) is 0.935. The largest absolute Gasteiger partial charge is 0.0625 e. The van der Waals surface area contributed by atoms with Gasteiger partial charge in [0.2, 0.25) is 0 Å². The summed E-state index contributed by atoms with van der Waals surface area (Å²) in [6.45, 7) is 2.28. The lowest BCUT2D eigenvalue weighted by molar-refractivity contribution is 0.639. The van der Waals surface area contributed by atoms with Crippen molar-refractivity contribution in [3.05, 3.63) is 12.8 Å². The van der Waals surface area contributed by atoms with Crippen LogP contribution >= 0.6 is 0 Å². The molecule has 0 saturated heterocycles. The topological polar surface area (TPSA) is 0 Å². The lowest BCUT2D eigenvalue weighted by Gasteiger charge is -1.91. The van der Waals surface area contributed by atoms with Crippen LogP contribution in [-0.4, -0.2) is 0 Å². The van der Waals surface area contributed by atoms with Crippen LogP contribution in [0.4, 0.5) is 0 Å². The maximum Gasteiger partial charge on any atom is -0.0349 e. The second kappa shape index (κ2) is 1.63. The molecule has 1 fully saturated rings. The minimum absolute atomic E-state index is 0.935. The van der Waals surface area contributed by atoms with E-state index in [2.05, 4.69) is 19.8 Å². The minimum Gasteiger partial charge on any atom is -0.0625 e. The summed E-state index contributed by atoms with van der Waals surface area (Å²) in [4.78, 5) is 0. The van der Waals surface area contributed by atoms with Gasteiger partial charge in [-0.15, -0.1) is 0 Å². The molecule has 2 radical (unpaired) electrons. The summed E-state index contributed by atoms with van der Waals surface area (Å²) in [5.41, 5.74) is 0. The van der Waals surface area contributed by atoms with Crippen LogP contribution in [0, 0.1) is 18.8 Å². The Balaban J connectivity index is 2.18. The summed E-state index contributed by atoms with van der Waals surface area (Å²) in [5, 5.41) is 0. The van der Waals surface area contributed by atoms with Gasteiger partial charge in [-0.3, -0.25) is 0 Å². The molecule has 0 spiro atoms. The second-order valence-electron chi connectivity index (χ2n) is 2.05. The zero-order chi connectivity index (χ0) is 4.41. The van der Waals surface area contributed by atoms with Crippen molar-refractivity contribution in [2.45, 2.75) is 19.8 Å². The Morgan fingerprint density at radius 3 is 2.00 bits per heavy atom. The van der Waals surface area contributed by atoms with Crippen LogP contribution in [0.2, 0.25) is 0 Å². The van der Waals surface area contributed by atoms with E-state index in [-0.39, 0.29) is 0 Å². The fraction of sp³-hybridized carbons (Fsp3) is 0.667. The van der Waals surface area contributed by atoms with Gasteiger partial charge >= 0.3 is 0 Å². The molecular weight excluding hydrogens is 72.1 g/mol. The molecule has 1 aliphatic rings. The van der Waals surface area contributed by atoms with Gasteiger partial charge in [0.15, 0.2) is 0 Å². The standard InChI is InChI=1S/C6H10/c1-6-4-2-3-5-6/h2-3,6H,4-5H2,1H3. The summed E-state index contributed by atoms with van der Waals surface area (Å²) >= 11 is 0. The van der Waals surface area contributed by atoms with Crippen LogP contribution in [0.5, 0.6) is 0 Å². The molecule has 1 aliphatic carbocycles. The molecule has 0 bridgehead atoms. The molecule has 34 valence electrons. The van der Waals surface area contributed by atoms with E-state index in [0.717, 1.165) is 5.92 Å². The second-order valence-corrected chi connectivity index (χ2v) is 2.05. The lowest BCUT2D eigenvalue weighted by atomic mass is 10.2. The Morgan fingerprint density at radius 2 is 1.83 bits per heavy atom. The predicted molar refractivity (Wildman–Crippen MR) is 27.0 cm³/mol. The normalized spacial score (nSPS) is 25.5. The van der Waals surface area contributed by atoms with Crippen molar-refractivity contribution in [2.24, 2.45) is 5.92 Å². The van der Waals surface area contributed by atoms with Gasteiger partial charge in [0.1, 0.15) is 0 Å². The third-order valence-electron chi connectivity index (χ3n) is 1.24. The van der Waals surface area contributed by atoms with E-state index in [0.29, 0.717) is 0 Å². The quantitative estimate of drug-likeness (QED) is 0.418. The molecule has 0 amide bonds. The molecule has 0 aromatic heterocycles. The van der Waals surface area contributed by atoms with Crippen LogP contribution in [0.15, 0.2) is 0 Å². The zero-order valence-electron chi connectivity index (χ0n) is 4.15. The first kappa shape index (κ1) is 4.17. The van der Waals surface area contributed by atoms with E-state index in [1.165, 1.54) is 12.8 Å². The van der Waals surface area contributed by atoms with Gasteiger partial charge < -0.3 is 0 Å². The molecule has 1 rings (SSSR count). The monoisotopic (exact) mass is 82.1 g/mol. The molecule has 0 atom stereocenters. The van der Waals surface area contributed by atoms with Crippen molar-refractivity contribution < 1.29 is 0 Å². The Labute approximate surface area is 39.6 Å². The Morgan fingerprint density at radius 1 is 1.33 bits per heavy atom. The molecule has 0 N–H and O–H groups in total. The smallest absolute Gasteiger partial charge is 0.0349 e. The average Bonchev–Trinajstić information content (AvgIpc) is 1.86. The van der Waals surface area contributed by atoms with Crippen LogP contribution in [0.25, 0.3) is 0 Å². The molecule has 0 aliphatic heterocycles. The van der Waals surface area contributed by atoms with Gasteiger partial charge in [-0.2, -0.15) is 0 Å². The van der Waals surface area contributed by atoms with E-state index in [9.17, 15) is 0 Å². The van der Waals surface area contributed by atoms with Crippen LogP contribution < -0.4 is 0 Å². The number of rotatable bonds is 0. The first-order valence-corrected chi connectivity index (χ1v) is 2.54. The minimum atomic E-state index is 0.935. The fourth-order valence-corrected chi connectivity index (χ4v) is 0.753. The van der Waals surface area contributed by atoms with E-state index in [4.69, 9.17) is 0 Å². The van der Waals surface area contributed by atoms with Crippen molar-refractivity contribution in [1.29, 1.82) is 0 Å². The highest BCUT2D eigenvalue weighted by Crippen LogP contribution is 2.20. The van der Waals surface area contributed by atoms with Gasteiger partial charge in [0, 0.05) is 0 Å². The third-order valence-corrected chi connectivity index (χ3v) is 1.24. The molecule has 0 aromatic rings. The van der Waals surface area contributed by atoms with Gasteiger partial charge in [0.05, 0.1) is 0 Å². The highest BCUT2D eigenvalue weighted by Gasteiger charge is 2.07. The SMILES string of the molecule is CC1C[CH][CH]C1. The number of hydrogen-bond donors (Lipinski definition) is 0. The fourth-order valence-electron chi connectivity index (χ4n) is 0.753. The first-order chi connectivity index (χ1) is 2.89. The number of hydrogen-bond acceptors (Lipinski definition) is 0. The summed E-state index contributed by atoms with van der Waals surface area (Å²) < 4.78 is 0. The van der Waals surface area contributed by atoms with E-state index in [1.807, 2.05) is 0 Å². The van der Waals surface area contributed by atoms with Crippen molar-refractivity contribution >= 4 is 0 Å². The van der Waals surface area contributed by atoms with Gasteiger partial charge in [0.25, 0.3) is 0 Å². The highest BCUT2D eigenvalue weighted by atomic mass is 14.1. The van der Waals surface area contributed by atoms with Crippen molar-refractivity contribution in [1.82, 2.24) is 0 Å². The Bertz CT molecular complexity index is 33.3. The van der Waals surface area contributed by atoms with E-state index < -0.39 is 0 Å². The van der Waals surface area contributed by atoms with E-state index in [1.54, 1.807) is 0 Å². The Kier molecular flexibility index (Phi) is 1.13. The predicted octanol–water partition coefficient (Wildman–Crippen LogP) is 1.82. The van der Waals surface area contributed by atoms with Crippen molar-refractivity contribution in [3.63, 3.8) is 0 Å². The Hall–Kier alpha value is 0. The van der Waals surface area contributed by atoms with Gasteiger partial charge in [-0.05, 0) is 31.6 Å². The van der Waals surface area contributed by atoms with Crippen molar-refractivity contribution in [2.75, 3.05) is 0 Å². The molecule has 0 unspecified atom stereocenters. The van der Waals surface area contributed by atoms with Crippen molar-refractivity contribution in [3.8, 4) is 0 Å². The average molecular weight is 82.1 g/mol. The summed E-state index contributed by atoms with van der Waals surface area (Å²) in [6, 6.07) is 0. The van der Waals surface area contributed by atoms with Crippen LogP contribution in [0.3, 0.4) is 0 Å². The molecule has 0 heteroatoms. The molecule has 1 saturated carbocycles. The molecule has 6 heavy (non-hydrogen) atoms. The maximum atomic E-state index is 2.28. The molecule has 0 aromatic carbocycles. The summed E-state index contributed by atoms with van der Waals surface area (Å²) in [6.07, 6.45) is 7.12. The highest BCUT2D eigenvalue weighted by molar-refractivity contribution is 4.93. The molecule has 0 heterocycles. The lowest BCUT2D eigenvalue weighted by Crippen LogP contribution is -1.78. The first-order valence-electron chi connectivity index (χ1n) is 2.54. The zero-order valence-corrected chi connectivity index (χ0v) is 4.15. The van der Waals surface area contributed by atoms with Gasteiger partial charge in [-0.25, -0.2) is 0 Å². The third kappa shape index (κ3) is 0.735. The molecular formula is C6H10. The maximum absolute atomic E-state index is 2.28.